The van der Waals surface area contributed by atoms with Gasteiger partial charge in [-0.1, -0.05) is 6.08 Å². The van der Waals surface area contributed by atoms with Crippen molar-refractivity contribution in [3.05, 3.63) is 30.1 Å². The molecule has 0 radical (unpaired) electrons. The van der Waals surface area contributed by atoms with Crippen molar-refractivity contribution in [2.75, 3.05) is 0 Å². The summed E-state index contributed by atoms with van der Waals surface area (Å²) in [5, 5.41) is 4.17. The first-order valence-electron chi connectivity index (χ1n) is 3.82. The predicted molar refractivity (Wildman–Crippen MR) is 47.3 cm³/mol. The Hall–Kier alpha value is -1.38. The zero-order chi connectivity index (χ0) is 9.14. The molecule has 0 aliphatic rings. The number of aldehydes is 1. The van der Waals surface area contributed by atoms with Crippen LogP contribution in [0.15, 0.2) is 18.9 Å². The smallest absolute Gasteiger partial charge is 0.153 e. The standard InChI is InChI=1S/C9H12N2O/c1-4-7(2)11-5-9(6-12)8(3)10-11/h4-7H,1H2,2-3H3. The minimum absolute atomic E-state index is 0.136. The van der Waals surface area contributed by atoms with Crippen molar-refractivity contribution in [2.45, 2.75) is 19.9 Å². The average molecular weight is 164 g/mol. The highest BCUT2D eigenvalue weighted by atomic mass is 16.1. The van der Waals surface area contributed by atoms with Crippen LogP contribution < -0.4 is 0 Å². The second kappa shape index (κ2) is 3.34. The zero-order valence-electron chi connectivity index (χ0n) is 7.32. The summed E-state index contributed by atoms with van der Waals surface area (Å²) in [4.78, 5) is 10.5. The summed E-state index contributed by atoms with van der Waals surface area (Å²) < 4.78 is 1.73. The molecule has 0 fully saturated rings. The summed E-state index contributed by atoms with van der Waals surface area (Å²) in [6, 6.07) is 0.136. The summed E-state index contributed by atoms with van der Waals surface area (Å²) in [5.41, 5.74) is 1.41. The lowest BCUT2D eigenvalue weighted by atomic mass is 10.3. The molecule has 0 spiro atoms. The number of hydrogen-bond donors (Lipinski definition) is 0. The van der Waals surface area contributed by atoms with Gasteiger partial charge in [0.1, 0.15) is 0 Å². The molecule has 0 saturated carbocycles. The lowest BCUT2D eigenvalue weighted by molar-refractivity contribution is 0.112. The van der Waals surface area contributed by atoms with Gasteiger partial charge in [0, 0.05) is 6.20 Å². The monoisotopic (exact) mass is 164 g/mol. The molecule has 0 saturated heterocycles. The predicted octanol–water partition coefficient (Wildman–Crippen LogP) is 1.75. The Morgan fingerprint density at radius 3 is 2.83 bits per heavy atom. The molecule has 0 amide bonds. The van der Waals surface area contributed by atoms with Crippen LogP contribution in [-0.2, 0) is 0 Å². The molecule has 1 rings (SSSR count). The van der Waals surface area contributed by atoms with Gasteiger partial charge in [0.25, 0.3) is 0 Å². The van der Waals surface area contributed by atoms with E-state index in [1.54, 1.807) is 17.0 Å². The van der Waals surface area contributed by atoms with E-state index in [9.17, 15) is 4.79 Å². The minimum Gasteiger partial charge on any atom is -0.298 e. The second-order valence-electron chi connectivity index (χ2n) is 2.74. The molecule has 1 aromatic heterocycles. The van der Waals surface area contributed by atoms with Crippen LogP contribution in [-0.4, -0.2) is 16.1 Å². The van der Waals surface area contributed by atoms with E-state index in [2.05, 4.69) is 11.7 Å². The van der Waals surface area contributed by atoms with Gasteiger partial charge in [-0.3, -0.25) is 9.48 Å². The van der Waals surface area contributed by atoms with Crippen molar-refractivity contribution >= 4 is 6.29 Å². The maximum absolute atomic E-state index is 10.5. The summed E-state index contributed by atoms with van der Waals surface area (Å²) >= 11 is 0. The maximum atomic E-state index is 10.5. The molecule has 0 N–H and O–H groups in total. The number of aryl methyl sites for hydroxylation is 1. The summed E-state index contributed by atoms with van der Waals surface area (Å²) in [6.45, 7) is 7.43. The Kier molecular flexibility index (Phi) is 2.43. The number of carbonyl (C=O) groups is 1. The lowest BCUT2D eigenvalue weighted by Gasteiger charge is -2.04. The van der Waals surface area contributed by atoms with Crippen molar-refractivity contribution in [3.63, 3.8) is 0 Å². The van der Waals surface area contributed by atoms with Gasteiger partial charge in [0.05, 0.1) is 17.3 Å². The molecule has 0 bridgehead atoms. The molecular formula is C9H12N2O. The Morgan fingerprint density at radius 1 is 1.75 bits per heavy atom. The molecule has 1 heterocycles. The van der Waals surface area contributed by atoms with Gasteiger partial charge >= 0.3 is 0 Å². The lowest BCUT2D eigenvalue weighted by Crippen LogP contribution is -2.01. The number of carbonyl (C=O) groups excluding carboxylic acids is 1. The fourth-order valence-corrected chi connectivity index (χ4v) is 0.928. The highest BCUT2D eigenvalue weighted by molar-refractivity contribution is 5.75. The van der Waals surface area contributed by atoms with Crippen LogP contribution in [0, 0.1) is 6.92 Å². The third kappa shape index (κ3) is 1.44. The number of aromatic nitrogens is 2. The van der Waals surface area contributed by atoms with Crippen LogP contribution in [0.1, 0.15) is 29.0 Å². The molecule has 1 atom stereocenters. The molecule has 0 aromatic carbocycles. The van der Waals surface area contributed by atoms with Crippen LogP contribution in [0.25, 0.3) is 0 Å². The molecule has 3 nitrogen and oxygen atoms in total. The van der Waals surface area contributed by atoms with Gasteiger partial charge in [-0.2, -0.15) is 5.10 Å². The van der Waals surface area contributed by atoms with Gasteiger partial charge in [-0.15, -0.1) is 6.58 Å². The van der Waals surface area contributed by atoms with E-state index in [1.807, 2.05) is 13.8 Å². The van der Waals surface area contributed by atoms with Crippen LogP contribution in [0.3, 0.4) is 0 Å². The third-order valence-electron chi connectivity index (χ3n) is 1.84. The fraction of sp³-hybridized carbons (Fsp3) is 0.333. The highest BCUT2D eigenvalue weighted by Gasteiger charge is 2.05. The molecular weight excluding hydrogens is 152 g/mol. The number of rotatable bonds is 3. The number of allylic oxidation sites excluding steroid dienone is 1. The normalized spacial score (nSPS) is 12.5. The molecule has 1 aromatic rings. The van der Waals surface area contributed by atoms with Gasteiger partial charge in [-0.25, -0.2) is 0 Å². The van der Waals surface area contributed by atoms with Crippen molar-refractivity contribution in [2.24, 2.45) is 0 Å². The van der Waals surface area contributed by atoms with Gasteiger partial charge < -0.3 is 0 Å². The molecule has 1 unspecified atom stereocenters. The van der Waals surface area contributed by atoms with Crippen molar-refractivity contribution in [1.82, 2.24) is 9.78 Å². The van der Waals surface area contributed by atoms with E-state index in [-0.39, 0.29) is 6.04 Å². The minimum atomic E-state index is 0.136. The molecule has 0 aliphatic carbocycles. The maximum Gasteiger partial charge on any atom is 0.153 e. The fourth-order valence-electron chi connectivity index (χ4n) is 0.928. The SMILES string of the molecule is C=CC(C)n1cc(C=O)c(C)n1. The van der Waals surface area contributed by atoms with Gasteiger partial charge in [-0.05, 0) is 13.8 Å². The van der Waals surface area contributed by atoms with Crippen molar-refractivity contribution in [1.29, 1.82) is 0 Å². The Balaban J connectivity index is 3.03. The Morgan fingerprint density at radius 2 is 2.42 bits per heavy atom. The van der Waals surface area contributed by atoms with Crippen molar-refractivity contribution in [3.8, 4) is 0 Å². The van der Waals surface area contributed by atoms with E-state index < -0.39 is 0 Å². The molecule has 3 heteroatoms. The first-order valence-corrected chi connectivity index (χ1v) is 3.82. The third-order valence-corrected chi connectivity index (χ3v) is 1.84. The van der Waals surface area contributed by atoms with E-state index in [1.165, 1.54) is 0 Å². The average Bonchev–Trinajstić information content (AvgIpc) is 2.45. The van der Waals surface area contributed by atoms with Crippen LogP contribution in [0.2, 0.25) is 0 Å². The quantitative estimate of drug-likeness (QED) is 0.504. The summed E-state index contributed by atoms with van der Waals surface area (Å²) in [5.74, 6) is 0. The first kappa shape index (κ1) is 8.71. The highest BCUT2D eigenvalue weighted by Crippen LogP contribution is 2.09. The number of hydrogen-bond acceptors (Lipinski definition) is 2. The van der Waals surface area contributed by atoms with Crippen LogP contribution in [0.4, 0.5) is 0 Å². The topological polar surface area (TPSA) is 34.9 Å². The number of nitrogens with zero attached hydrogens (tertiary/aromatic N) is 2. The summed E-state index contributed by atoms with van der Waals surface area (Å²) in [6.07, 6.45) is 4.32. The second-order valence-corrected chi connectivity index (χ2v) is 2.74. The van der Waals surface area contributed by atoms with E-state index in [0.29, 0.717) is 5.56 Å². The largest absolute Gasteiger partial charge is 0.298 e. The zero-order valence-corrected chi connectivity index (χ0v) is 7.32. The summed E-state index contributed by atoms with van der Waals surface area (Å²) in [7, 11) is 0. The Labute approximate surface area is 71.7 Å². The van der Waals surface area contributed by atoms with E-state index in [0.717, 1.165) is 12.0 Å². The molecule has 64 valence electrons. The molecule has 0 aliphatic heterocycles. The van der Waals surface area contributed by atoms with Crippen molar-refractivity contribution < 1.29 is 4.79 Å². The molecule has 12 heavy (non-hydrogen) atoms. The first-order chi connectivity index (χ1) is 5.69. The van der Waals surface area contributed by atoms with E-state index in [4.69, 9.17) is 0 Å². The van der Waals surface area contributed by atoms with Gasteiger partial charge in [0.15, 0.2) is 6.29 Å². The van der Waals surface area contributed by atoms with Gasteiger partial charge in [0.2, 0.25) is 0 Å². The Bertz CT molecular complexity index is 301. The van der Waals surface area contributed by atoms with Crippen LogP contribution >= 0.6 is 0 Å². The van der Waals surface area contributed by atoms with Crippen LogP contribution in [0.5, 0.6) is 0 Å². The van der Waals surface area contributed by atoms with E-state index >= 15 is 0 Å².